The minimum absolute atomic E-state index is 0.0496. The Morgan fingerprint density at radius 3 is 1.94 bits per heavy atom. The van der Waals surface area contributed by atoms with Crippen LogP contribution in [0.4, 0.5) is 18.9 Å². The number of alkyl halides is 3. The Labute approximate surface area is 103 Å². The second-order valence-corrected chi connectivity index (χ2v) is 6.49. The van der Waals surface area contributed by atoms with Gasteiger partial charge in [0, 0.05) is 18.8 Å². The van der Waals surface area contributed by atoms with Crippen LogP contribution in [-0.4, -0.2) is 33.0 Å². The first kappa shape index (κ1) is 13.2. The van der Waals surface area contributed by atoms with Gasteiger partial charge in [-0.15, -0.1) is 0 Å². The summed E-state index contributed by atoms with van der Waals surface area (Å²) in [5, 5.41) is 0. The number of nitrogens with zero attached hydrogens (tertiary/aromatic N) is 1. The van der Waals surface area contributed by atoms with E-state index in [1.165, 1.54) is 12.1 Å². The summed E-state index contributed by atoms with van der Waals surface area (Å²) in [6, 6.07) is 4.78. The Balaban J connectivity index is 2.12. The second-order valence-electron chi connectivity index (χ2n) is 4.18. The average Bonchev–Trinajstić information content (AvgIpc) is 2.28. The number of benzene rings is 1. The second kappa shape index (κ2) is 4.46. The van der Waals surface area contributed by atoms with Gasteiger partial charge in [0.2, 0.25) is 0 Å². The first-order valence-electron chi connectivity index (χ1n) is 5.41. The van der Waals surface area contributed by atoms with Crippen molar-refractivity contribution in [1.82, 2.24) is 0 Å². The quantitative estimate of drug-likeness (QED) is 0.788. The van der Waals surface area contributed by atoms with E-state index in [9.17, 15) is 21.6 Å². The summed E-state index contributed by atoms with van der Waals surface area (Å²) in [7, 11) is -2.98. The highest BCUT2D eigenvalue weighted by molar-refractivity contribution is 7.91. The van der Waals surface area contributed by atoms with E-state index in [4.69, 9.17) is 0 Å². The number of halogens is 3. The predicted molar refractivity (Wildman–Crippen MR) is 62.3 cm³/mol. The van der Waals surface area contributed by atoms with Gasteiger partial charge in [0.05, 0.1) is 17.1 Å². The highest BCUT2D eigenvalue weighted by atomic mass is 32.2. The van der Waals surface area contributed by atoms with Gasteiger partial charge in [-0.2, -0.15) is 13.2 Å². The van der Waals surface area contributed by atoms with Crippen molar-refractivity contribution >= 4 is 15.5 Å². The van der Waals surface area contributed by atoms with Gasteiger partial charge >= 0.3 is 6.18 Å². The zero-order valence-corrected chi connectivity index (χ0v) is 10.3. The molecule has 0 unspecified atom stereocenters. The van der Waals surface area contributed by atoms with Crippen LogP contribution in [0.15, 0.2) is 24.3 Å². The van der Waals surface area contributed by atoms with E-state index in [1.54, 1.807) is 4.90 Å². The van der Waals surface area contributed by atoms with Crippen LogP contribution >= 0.6 is 0 Å². The van der Waals surface area contributed by atoms with Crippen molar-refractivity contribution in [2.24, 2.45) is 0 Å². The van der Waals surface area contributed by atoms with E-state index < -0.39 is 21.6 Å². The van der Waals surface area contributed by atoms with E-state index >= 15 is 0 Å². The molecule has 18 heavy (non-hydrogen) atoms. The molecule has 1 fully saturated rings. The average molecular weight is 279 g/mol. The highest BCUT2D eigenvalue weighted by Crippen LogP contribution is 2.30. The summed E-state index contributed by atoms with van der Waals surface area (Å²) in [6.07, 6.45) is -4.34. The molecule has 0 aromatic heterocycles. The number of hydrogen-bond acceptors (Lipinski definition) is 3. The van der Waals surface area contributed by atoms with Crippen molar-refractivity contribution in [3.63, 3.8) is 0 Å². The van der Waals surface area contributed by atoms with E-state index in [0.29, 0.717) is 18.8 Å². The van der Waals surface area contributed by atoms with Crippen LogP contribution < -0.4 is 4.90 Å². The molecule has 100 valence electrons. The van der Waals surface area contributed by atoms with Crippen molar-refractivity contribution in [3.8, 4) is 0 Å². The van der Waals surface area contributed by atoms with Gasteiger partial charge in [-0.25, -0.2) is 8.42 Å². The topological polar surface area (TPSA) is 37.4 Å². The molecule has 1 aliphatic rings. The largest absolute Gasteiger partial charge is 0.416 e. The standard InChI is InChI=1S/C11H12F3NO2S/c12-11(13,14)9-1-3-10(4-2-9)15-5-7-18(16,17)8-6-15/h1-4H,5-8H2. The molecule has 0 bridgehead atoms. The van der Waals surface area contributed by atoms with Crippen LogP contribution in [0.5, 0.6) is 0 Å². The summed E-state index contributed by atoms with van der Waals surface area (Å²) in [6.45, 7) is 0.654. The lowest BCUT2D eigenvalue weighted by atomic mass is 10.2. The molecule has 2 rings (SSSR count). The molecular weight excluding hydrogens is 267 g/mol. The number of anilines is 1. The van der Waals surface area contributed by atoms with Crippen LogP contribution in [0.1, 0.15) is 5.56 Å². The summed E-state index contributed by atoms with van der Waals surface area (Å²) in [5.74, 6) is 0.0993. The summed E-state index contributed by atoms with van der Waals surface area (Å²) in [5.41, 5.74) is -0.0752. The molecule has 1 aromatic carbocycles. The Hall–Kier alpha value is -1.24. The summed E-state index contributed by atoms with van der Waals surface area (Å²) >= 11 is 0. The van der Waals surface area contributed by atoms with Crippen molar-refractivity contribution in [2.45, 2.75) is 6.18 Å². The smallest absolute Gasteiger partial charge is 0.369 e. The Kier molecular flexibility index (Phi) is 3.27. The zero-order chi connectivity index (χ0) is 13.4. The third kappa shape index (κ3) is 2.95. The van der Waals surface area contributed by atoms with E-state index in [2.05, 4.69) is 0 Å². The first-order chi connectivity index (χ1) is 8.28. The maximum Gasteiger partial charge on any atom is 0.416 e. The summed E-state index contributed by atoms with van der Waals surface area (Å²) < 4.78 is 59.6. The third-order valence-electron chi connectivity index (χ3n) is 2.90. The van der Waals surface area contributed by atoms with Crippen molar-refractivity contribution in [1.29, 1.82) is 0 Å². The fourth-order valence-corrected chi connectivity index (χ4v) is 3.03. The number of rotatable bonds is 1. The van der Waals surface area contributed by atoms with Gasteiger partial charge in [0.25, 0.3) is 0 Å². The monoisotopic (exact) mass is 279 g/mol. The molecular formula is C11H12F3NO2S. The van der Waals surface area contributed by atoms with Crippen LogP contribution in [0.2, 0.25) is 0 Å². The Morgan fingerprint density at radius 2 is 1.50 bits per heavy atom. The van der Waals surface area contributed by atoms with Gasteiger partial charge in [-0.1, -0.05) is 0 Å². The SMILES string of the molecule is O=S1(=O)CCN(c2ccc(C(F)(F)F)cc2)CC1. The van der Waals surface area contributed by atoms with Gasteiger partial charge in [-0.05, 0) is 24.3 Å². The van der Waals surface area contributed by atoms with E-state index in [-0.39, 0.29) is 11.5 Å². The normalized spacial score (nSPS) is 19.8. The van der Waals surface area contributed by atoms with E-state index in [0.717, 1.165) is 12.1 Å². The number of hydrogen-bond donors (Lipinski definition) is 0. The zero-order valence-electron chi connectivity index (χ0n) is 9.44. The molecule has 0 amide bonds. The van der Waals surface area contributed by atoms with Crippen LogP contribution in [0, 0.1) is 0 Å². The lowest BCUT2D eigenvalue weighted by Gasteiger charge is -2.28. The lowest BCUT2D eigenvalue weighted by molar-refractivity contribution is -0.137. The van der Waals surface area contributed by atoms with Gasteiger partial charge in [0.1, 0.15) is 0 Å². The van der Waals surface area contributed by atoms with Crippen LogP contribution in [-0.2, 0) is 16.0 Å². The molecule has 0 N–H and O–H groups in total. The minimum Gasteiger partial charge on any atom is -0.369 e. The van der Waals surface area contributed by atoms with Gasteiger partial charge < -0.3 is 4.90 Å². The van der Waals surface area contributed by atoms with Crippen LogP contribution in [0.3, 0.4) is 0 Å². The van der Waals surface area contributed by atoms with Crippen molar-refractivity contribution in [3.05, 3.63) is 29.8 Å². The molecule has 7 heteroatoms. The lowest BCUT2D eigenvalue weighted by Crippen LogP contribution is -2.40. The molecule has 1 aromatic rings. The first-order valence-corrected chi connectivity index (χ1v) is 7.23. The fraction of sp³-hybridized carbons (Fsp3) is 0.455. The van der Waals surface area contributed by atoms with Gasteiger partial charge in [-0.3, -0.25) is 0 Å². The maximum absolute atomic E-state index is 12.4. The van der Waals surface area contributed by atoms with Crippen molar-refractivity contribution in [2.75, 3.05) is 29.5 Å². The van der Waals surface area contributed by atoms with Gasteiger partial charge in [0.15, 0.2) is 9.84 Å². The molecule has 0 radical (unpaired) electrons. The predicted octanol–water partition coefficient (Wildman–Crippen LogP) is 1.94. The highest BCUT2D eigenvalue weighted by Gasteiger charge is 2.30. The fourth-order valence-electron chi connectivity index (χ4n) is 1.83. The molecule has 0 aliphatic carbocycles. The molecule has 3 nitrogen and oxygen atoms in total. The molecule has 0 atom stereocenters. The van der Waals surface area contributed by atoms with E-state index in [1.807, 2.05) is 0 Å². The van der Waals surface area contributed by atoms with Crippen LogP contribution in [0.25, 0.3) is 0 Å². The maximum atomic E-state index is 12.4. The minimum atomic E-state index is -4.34. The molecule has 0 saturated carbocycles. The Morgan fingerprint density at radius 1 is 1.00 bits per heavy atom. The molecule has 0 spiro atoms. The molecule has 1 saturated heterocycles. The molecule has 1 heterocycles. The summed E-state index contributed by atoms with van der Waals surface area (Å²) in [4.78, 5) is 1.78. The van der Waals surface area contributed by atoms with Crippen molar-refractivity contribution < 1.29 is 21.6 Å². The Bertz CT molecular complexity index is 508. The number of sulfone groups is 1. The third-order valence-corrected chi connectivity index (χ3v) is 4.51. The molecule has 1 aliphatic heterocycles.